The highest BCUT2D eigenvalue weighted by atomic mass is 35.5. The van der Waals surface area contributed by atoms with Crippen molar-refractivity contribution in [2.45, 2.75) is 0 Å². The summed E-state index contributed by atoms with van der Waals surface area (Å²) in [6.45, 7) is 7.15. The monoisotopic (exact) mass is 426 g/mol. The maximum absolute atomic E-state index is 9.42. The number of allylic oxidation sites excluding steroid dienone is 1. The fourth-order valence-electron chi connectivity index (χ4n) is 2.31. The van der Waals surface area contributed by atoms with Gasteiger partial charge in [0.05, 0.1) is 39.5 Å². The maximum Gasteiger partial charge on any atom is 0.133 e. The highest BCUT2D eigenvalue weighted by Gasteiger charge is 2.14. The van der Waals surface area contributed by atoms with Crippen LogP contribution in [-0.4, -0.2) is 23.0 Å². The number of rotatable bonds is 7. The van der Waals surface area contributed by atoms with Crippen LogP contribution in [0.4, 0.5) is 0 Å². The van der Waals surface area contributed by atoms with Crippen LogP contribution in [0.2, 0.25) is 5.02 Å². The molecule has 1 aromatic carbocycles. The summed E-state index contributed by atoms with van der Waals surface area (Å²) in [5.74, 6) is 0.536. The van der Waals surface area contributed by atoms with Crippen molar-refractivity contribution in [3.05, 3.63) is 75.4 Å². The number of aliphatic hydroxyl groups is 1. The molecule has 0 saturated heterocycles. The Morgan fingerprint density at radius 3 is 2.86 bits per heavy atom. The molecule has 0 radical (unpaired) electrons. The average Bonchev–Trinajstić information content (AvgIpc) is 3.11. The number of hydrogen-bond acceptors (Lipinski definition) is 7. The highest BCUT2D eigenvalue weighted by Crippen LogP contribution is 2.30. The fourth-order valence-corrected chi connectivity index (χ4v) is 3.67. The molecule has 0 unspecified atom stereocenters. The van der Waals surface area contributed by atoms with Crippen LogP contribution in [0.1, 0.15) is 5.56 Å². The fraction of sp³-hybridized carbons (Fsp3) is 0.0500. The molecule has 0 aliphatic heterocycles. The molecule has 2 aromatic rings. The summed E-state index contributed by atoms with van der Waals surface area (Å²) in [5, 5.41) is 23.0. The summed E-state index contributed by atoms with van der Waals surface area (Å²) in [7, 11) is 0. The molecule has 1 heterocycles. The van der Waals surface area contributed by atoms with Gasteiger partial charge in [-0.25, -0.2) is 9.98 Å². The molecule has 0 bridgehead atoms. The third-order valence-corrected chi connectivity index (χ3v) is 4.98. The van der Waals surface area contributed by atoms with Crippen LogP contribution in [0, 0.1) is 11.3 Å². The zero-order valence-electron chi connectivity index (χ0n) is 15.4. The van der Waals surface area contributed by atoms with E-state index < -0.39 is 0 Å². The van der Waals surface area contributed by atoms with Crippen molar-refractivity contribution in [1.29, 1.82) is 5.26 Å². The molecule has 9 heteroatoms. The average molecular weight is 427 g/mol. The van der Waals surface area contributed by atoms with Crippen molar-refractivity contribution in [2.75, 3.05) is 6.61 Å². The van der Waals surface area contributed by atoms with Crippen LogP contribution in [-0.2, 0) is 0 Å². The normalized spacial score (nSPS) is 13.3. The van der Waals surface area contributed by atoms with Gasteiger partial charge in [0, 0.05) is 5.56 Å². The Morgan fingerprint density at radius 2 is 2.24 bits per heavy atom. The Hall–Kier alpha value is -3.38. The van der Waals surface area contributed by atoms with Crippen LogP contribution in [0.25, 0.3) is 22.5 Å². The third kappa shape index (κ3) is 5.33. The lowest BCUT2D eigenvalue weighted by Crippen LogP contribution is -2.33. The number of nitriles is 1. The first kappa shape index (κ1) is 21.9. The molecule has 0 aliphatic rings. The highest BCUT2D eigenvalue weighted by molar-refractivity contribution is 7.13. The van der Waals surface area contributed by atoms with E-state index in [9.17, 15) is 5.26 Å². The molecule has 2 rings (SSSR count). The molecule has 0 atom stereocenters. The second kappa shape index (κ2) is 10.2. The summed E-state index contributed by atoms with van der Waals surface area (Å²) in [6, 6.07) is 7.19. The first-order chi connectivity index (χ1) is 13.9. The van der Waals surface area contributed by atoms with E-state index >= 15 is 0 Å². The van der Waals surface area contributed by atoms with E-state index in [2.05, 4.69) is 34.5 Å². The molecule has 0 fully saturated rings. The van der Waals surface area contributed by atoms with Crippen molar-refractivity contribution in [1.82, 2.24) is 10.3 Å². The van der Waals surface area contributed by atoms with E-state index in [1.54, 1.807) is 30.4 Å². The van der Waals surface area contributed by atoms with Gasteiger partial charge in [0.1, 0.15) is 16.6 Å². The predicted molar refractivity (Wildman–Crippen MR) is 119 cm³/mol. The van der Waals surface area contributed by atoms with Gasteiger partial charge in [-0.2, -0.15) is 5.26 Å². The van der Waals surface area contributed by atoms with Crippen molar-refractivity contribution in [3.63, 3.8) is 0 Å². The minimum atomic E-state index is -0.241. The standard InChI is InChI=1S/C20H19ClN6OS/c1-3-5-15-18(19(24)27-16(25-11-23)8-12(2)10-28)29-20(26-15)17-13(9-22)6-4-7-14(17)21/h3-8,11,27-28H,1-2,10,24H2,(H2,23,25)/b15-5+,16-8+,19-18-. The SMILES string of the molecule is C=C/C=c1/nc(-c2c(Cl)cccc2C#N)s/c1=C(/N)NC(=C/C(=C)CO)/N=C\N. The van der Waals surface area contributed by atoms with Gasteiger partial charge >= 0.3 is 0 Å². The lowest BCUT2D eigenvalue weighted by atomic mass is 10.1. The van der Waals surface area contributed by atoms with E-state index in [0.717, 1.165) is 6.34 Å². The second-order valence-electron chi connectivity index (χ2n) is 5.57. The number of nitrogens with one attached hydrogen (secondary N) is 1. The van der Waals surface area contributed by atoms with E-state index in [4.69, 9.17) is 28.2 Å². The van der Waals surface area contributed by atoms with Crippen LogP contribution < -0.4 is 26.7 Å². The number of nitrogens with two attached hydrogens (primary N) is 2. The molecule has 0 saturated carbocycles. The summed E-state index contributed by atoms with van der Waals surface area (Å²) in [6.07, 6.45) is 5.87. The van der Waals surface area contributed by atoms with Gasteiger partial charge in [-0.1, -0.05) is 36.9 Å². The van der Waals surface area contributed by atoms with Crippen molar-refractivity contribution in [2.24, 2.45) is 16.5 Å². The van der Waals surface area contributed by atoms with E-state index in [0.29, 0.717) is 42.4 Å². The molecule has 0 spiro atoms. The van der Waals surface area contributed by atoms with Gasteiger partial charge in [-0.15, -0.1) is 11.3 Å². The van der Waals surface area contributed by atoms with Gasteiger partial charge in [0.15, 0.2) is 0 Å². The topological polar surface area (TPSA) is 133 Å². The van der Waals surface area contributed by atoms with Gasteiger partial charge in [-0.05, 0) is 29.9 Å². The summed E-state index contributed by atoms with van der Waals surface area (Å²) >= 11 is 7.57. The Bertz CT molecular complexity index is 1160. The summed E-state index contributed by atoms with van der Waals surface area (Å²) < 4.78 is 0.594. The Kier molecular flexibility index (Phi) is 7.74. The Labute approximate surface area is 177 Å². The number of aromatic nitrogens is 1. The van der Waals surface area contributed by atoms with Crippen LogP contribution in [0.5, 0.6) is 0 Å². The molecule has 148 valence electrons. The summed E-state index contributed by atoms with van der Waals surface area (Å²) in [4.78, 5) is 8.55. The number of thiazole rings is 1. The smallest absolute Gasteiger partial charge is 0.133 e. The van der Waals surface area contributed by atoms with Crippen molar-refractivity contribution < 1.29 is 5.11 Å². The number of aliphatic hydroxyl groups excluding tert-OH is 1. The zero-order valence-corrected chi connectivity index (χ0v) is 17.0. The number of nitrogens with zero attached hydrogens (tertiary/aromatic N) is 3. The maximum atomic E-state index is 9.42. The number of halogens is 1. The third-order valence-electron chi connectivity index (χ3n) is 3.54. The van der Waals surface area contributed by atoms with E-state index in [1.165, 1.54) is 17.4 Å². The molecular weight excluding hydrogens is 408 g/mol. The predicted octanol–water partition coefficient (Wildman–Crippen LogP) is 1.29. The second-order valence-corrected chi connectivity index (χ2v) is 6.98. The summed E-state index contributed by atoms with van der Waals surface area (Å²) in [5.41, 5.74) is 13.0. The molecule has 0 aliphatic carbocycles. The molecule has 1 aromatic heterocycles. The minimum absolute atomic E-state index is 0.241. The van der Waals surface area contributed by atoms with Crippen LogP contribution in [0.3, 0.4) is 0 Å². The Morgan fingerprint density at radius 1 is 1.48 bits per heavy atom. The minimum Gasteiger partial charge on any atom is -0.392 e. The zero-order chi connectivity index (χ0) is 21.4. The van der Waals surface area contributed by atoms with Crippen LogP contribution in [0.15, 0.2) is 59.9 Å². The van der Waals surface area contributed by atoms with Crippen molar-refractivity contribution in [3.8, 4) is 16.6 Å². The first-order valence-electron chi connectivity index (χ1n) is 8.25. The lowest BCUT2D eigenvalue weighted by Gasteiger charge is -2.06. The van der Waals surface area contributed by atoms with E-state index in [-0.39, 0.29) is 12.4 Å². The van der Waals surface area contributed by atoms with Gasteiger partial charge in [0.25, 0.3) is 0 Å². The molecule has 6 N–H and O–H groups in total. The molecular formula is C20H19ClN6OS. The number of benzene rings is 1. The van der Waals surface area contributed by atoms with Gasteiger partial charge < -0.3 is 21.9 Å². The molecule has 0 amide bonds. The number of hydrogen-bond donors (Lipinski definition) is 4. The van der Waals surface area contributed by atoms with Crippen LogP contribution >= 0.6 is 22.9 Å². The Balaban J connectivity index is 2.69. The first-order valence-corrected chi connectivity index (χ1v) is 9.44. The largest absolute Gasteiger partial charge is 0.392 e. The quantitative estimate of drug-likeness (QED) is 0.299. The molecule has 7 nitrogen and oxygen atoms in total. The van der Waals surface area contributed by atoms with Crippen molar-refractivity contribution >= 4 is 41.2 Å². The lowest BCUT2D eigenvalue weighted by molar-refractivity contribution is 0.335. The van der Waals surface area contributed by atoms with E-state index in [1.807, 2.05) is 0 Å². The molecule has 29 heavy (non-hydrogen) atoms. The van der Waals surface area contributed by atoms with Gasteiger partial charge in [0.2, 0.25) is 0 Å². The van der Waals surface area contributed by atoms with Gasteiger partial charge in [-0.3, -0.25) is 0 Å². The number of aliphatic imine (C=N–C) groups is 1.